The van der Waals surface area contributed by atoms with Gasteiger partial charge in [0.05, 0.1) is 31.9 Å². The number of unbranched alkanes of at least 4 members (excludes halogenated alkanes) is 39. The van der Waals surface area contributed by atoms with Crippen molar-refractivity contribution in [3.8, 4) is 5.88 Å². The zero-order chi connectivity index (χ0) is 57.7. The fourth-order valence-corrected chi connectivity index (χ4v) is 11.3. The standard InChI is InChI=1S/C67H122N3O9S/c1-5-8-11-14-16-18-20-23-27-31-35-39-43-50-62(71)76-57-61(58-77-63(72)51-44-40-36-32-28-24-21-19-17-15-12-9-6-2)79-65(74)53-46-42-38-34-30-26-22-25-29-33-37-41-45-52-64(73)78-59-70(4)54-48-49-60(56-70)66-67(69-80-68-66)75-55-47-13-10-7-3/h49,61H,5-48,50-59H2,1-4H3/q+1. The van der Waals surface area contributed by atoms with Crippen molar-refractivity contribution in [2.75, 3.05) is 46.7 Å². The molecule has 80 heavy (non-hydrogen) atoms. The Bertz CT molecular complexity index is 1630. The molecule has 2 heterocycles. The molecular formula is C67H122N3O9S+. The number of carbonyl (C=O) groups is 4. The van der Waals surface area contributed by atoms with Crippen LogP contribution in [0.15, 0.2) is 6.08 Å². The Balaban J connectivity index is 1.54. The van der Waals surface area contributed by atoms with Crippen LogP contribution in [0.25, 0.3) is 5.57 Å². The lowest BCUT2D eigenvalue weighted by Crippen LogP contribution is -2.49. The second-order valence-corrected chi connectivity index (χ2v) is 24.6. The van der Waals surface area contributed by atoms with Crippen molar-refractivity contribution in [2.45, 2.75) is 335 Å². The minimum absolute atomic E-state index is 0.0876. The molecule has 0 amide bonds. The summed E-state index contributed by atoms with van der Waals surface area (Å²) < 4.78 is 38.4. The van der Waals surface area contributed by atoms with E-state index < -0.39 is 6.10 Å². The van der Waals surface area contributed by atoms with E-state index in [4.69, 9.17) is 23.7 Å². The van der Waals surface area contributed by atoms with Crippen molar-refractivity contribution in [2.24, 2.45) is 0 Å². The molecule has 0 saturated carbocycles. The quantitative estimate of drug-likeness (QED) is 0.0266. The maximum absolute atomic E-state index is 13.0. The van der Waals surface area contributed by atoms with Gasteiger partial charge in [0, 0.05) is 37.7 Å². The van der Waals surface area contributed by atoms with Gasteiger partial charge in [0.1, 0.15) is 25.5 Å². The maximum atomic E-state index is 13.0. The first-order valence-electron chi connectivity index (χ1n) is 33.8. The molecule has 0 aromatic carbocycles. The zero-order valence-electron chi connectivity index (χ0n) is 52.3. The highest BCUT2D eigenvalue weighted by molar-refractivity contribution is 6.99. The van der Waals surface area contributed by atoms with Crippen LogP contribution in [0.3, 0.4) is 0 Å². The van der Waals surface area contributed by atoms with E-state index in [1.54, 1.807) is 0 Å². The monoisotopic (exact) mass is 1140 g/mol. The highest BCUT2D eigenvalue weighted by atomic mass is 32.1. The molecular weight excluding hydrogens is 1020 g/mol. The molecule has 1 unspecified atom stereocenters. The van der Waals surface area contributed by atoms with E-state index >= 15 is 0 Å². The van der Waals surface area contributed by atoms with Crippen LogP contribution in [0.5, 0.6) is 5.88 Å². The molecule has 1 aromatic heterocycles. The molecule has 0 spiro atoms. The van der Waals surface area contributed by atoms with E-state index in [0.29, 0.717) is 49.4 Å². The average molecular weight is 1150 g/mol. The highest BCUT2D eigenvalue weighted by Crippen LogP contribution is 2.30. The Morgan fingerprint density at radius 1 is 0.450 bits per heavy atom. The van der Waals surface area contributed by atoms with Crippen LogP contribution in [-0.4, -0.2) is 89.9 Å². The van der Waals surface area contributed by atoms with Crippen LogP contribution in [0, 0.1) is 0 Å². The Morgan fingerprint density at radius 2 is 0.787 bits per heavy atom. The first kappa shape index (κ1) is 73.0. The third kappa shape index (κ3) is 42.7. The lowest BCUT2D eigenvalue weighted by atomic mass is 10.0. The number of quaternary nitrogens is 1. The molecule has 13 heteroatoms. The first-order chi connectivity index (χ1) is 39.2. The van der Waals surface area contributed by atoms with Gasteiger partial charge in [0.25, 0.3) is 5.88 Å². The highest BCUT2D eigenvalue weighted by Gasteiger charge is 2.31. The van der Waals surface area contributed by atoms with E-state index in [1.165, 1.54) is 192 Å². The van der Waals surface area contributed by atoms with Crippen LogP contribution in [0.4, 0.5) is 0 Å². The summed E-state index contributed by atoms with van der Waals surface area (Å²) in [6, 6.07) is 0. The molecule has 0 radical (unpaired) electrons. The molecule has 464 valence electrons. The van der Waals surface area contributed by atoms with Crippen molar-refractivity contribution < 1.29 is 47.3 Å². The summed E-state index contributed by atoms with van der Waals surface area (Å²) in [5, 5.41) is 0. The Labute approximate surface area is 494 Å². The number of nitrogens with zero attached hydrogens (tertiary/aromatic N) is 3. The number of carbonyl (C=O) groups excluding carboxylic acids is 4. The number of rotatable bonds is 58. The Kier molecular flexibility index (Phi) is 48.1. The van der Waals surface area contributed by atoms with E-state index in [1.807, 2.05) is 0 Å². The number of esters is 4. The van der Waals surface area contributed by atoms with Gasteiger partial charge >= 0.3 is 23.9 Å². The van der Waals surface area contributed by atoms with Gasteiger partial charge < -0.3 is 23.7 Å². The summed E-state index contributed by atoms with van der Waals surface area (Å²) in [6.07, 6.45) is 55.2. The molecule has 12 nitrogen and oxygen atoms in total. The lowest BCUT2D eigenvalue weighted by Gasteiger charge is -2.36. The number of likely N-dealkylation sites (N-methyl/N-ethyl adjacent to an activating group) is 1. The fourth-order valence-electron chi connectivity index (χ4n) is 10.8. The third-order valence-electron chi connectivity index (χ3n) is 16.0. The summed E-state index contributed by atoms with van der Waals surface area (Å²) in [5.41, 5.74) is 1.97. The predicted molar refractivity (Wildman–Crippen MR) is 331 cm³/mol. The van der Waals surface area contributed by atoms with Crippen LogP contribution in [-0.2, 0) is 38.1 Å². The second kappa shape index (κ2) is 52.7. The molecule has 0 aliphatic carbocycles. The van der Waals surface area contributed by atoms with Gasteiger partial charge in [-0.25, -0.2) is 0 Å². The average Bonchev–Trinajstić information content (AvgIpc) is 3.93. The summed E-state index contributed by atoms with van der Waals surface area (Å²) in [4.78, 5) is 51.0. The summed E-state index contributed by atoms with van der Waals surface area (Å²) >= 11 is 1.20. The number of hydrogen-bond acceptors (Lipinski definition) is 12. The molecule has 1 aliphatic rings. The van der Waals surface area contributed by atoms with Gasteiger partial charge in [-0.2, -0.15) is 4.37 Å². The number of aromatic nitrogens is 2. The van der Waals surface area contributed by atoms with Crippen molar-refractivity contribution in [3.63, 3.8) is 0 Å². The molecule has 0 fully saturated rings. The molecule has 0 N–H and O–H groups in total. The van der Waals surface area contributed by atoms with Crippen molar-refractivity contribution in [1.82, 2.24) is 8.75 Å². The summed E-state index contributed by atoms with van der Waals surface area (Å²) in [7, 11) is 2.15. The van der Waals surface area contributed by atoms with Gasteiger partial charge in [-0.05, 0) is 32.1 Å². The van der Waals surface area contributed by atoms with Gasteiger partial charge in [0.2, 0.25) is 6.73 Å². The van der Waals surface area contributed by atoms with Crippen molar-refractivity contribution in [3.05, 3.63) is 11.8 Å². The molecule has 1 aliphatic heterocycles. The topological polar surface area (TPSA) is 140 Å². The van der Waals surface area contributed by atoms with Gasteiger partial charge in [0.15, 0.2) is 6.10 Å². The van der Waals surface area contributed by atoms with Crippen molar-refractivity contribution in [1.29, 1.82) is 0 Å². The van der Waals surface area contributed by atoms with Crippen LogP contribution in [0.1, 0.15) is 335 Å². The number of hydrogen-bond donors (Lipinski definition) is 0. The molecule has 1 atom stereocenters. The summed E-state index contributed by atoms with van der Waals surface area (Å²) in [5.74, 6) is -0.369. The largest absolute Gasteiger partial charge is 0.475 e. The van der Waals surface area contributed by atoms with E-state index in [-0.39, 0.29) is 37.1 Å². The van der Waals surface area contributed by atoms with E-state index in [9.17, 15) is 19.2 Å². The Hall–Kier alpha value is -3.06. The summed E-state index contributed by atoms with van der Waals surface area (Å²) in [6.45, 7) is 9.26. The minimum atomic E-state index is -0.793. The third-order valence-corrected chi connectivity index (χ3v) is 16.5. The van der Waals surface area contributed by atoms with Crippen LogP contribution < -0.4 is 4.74 Å². The minimum Gasteiger partial charge on any atom is -0.475 e. The molecule has 1 aromatic rings. The van der Waals surface area contributed by atoms with Gasteiger partial charge in [-0.1, -0.05) is 271 Å². The van der Waals surface area contributed by atoms with E-state index in [0.717, 1.165) is 127 Å². The first-order valence-corrected chi connectivity index (χ1v) is 34.6. The zero-order valence-corrected chi connectivity index (χ0v) is 53.1. The SMILES string of the molecule is CCCCCCCCCCCCCCCC(=O)OCC(COC(=O)CCCCCCCCCCCCCCC)OC(=O)CCCCCCCCCCCCCCCC(=O)OC[N+]1(C)CCC=C(c2nsnc2OCCCCCC)C1. The van der Waals surface area contributed by atoms with Crippen molar-refractivity contribution >= 4 is 41.2 Å². The van der Waals surface area contributed by atoms with Crippen LogP contribution >= 0.6 is 11.7 Å². The fraction of sp³-hybridized carbons (Fsp3) is 0.881. The number of ether oxygens (including phenoxy) is 5. The van der Waals surface area contributed by atoms with Crippen LogP contribution in [0.2, 0.25) is 0 Å². The smallest absolute Gasteiger partial charge is 0.310 e. The predicted octanol–water partition coefficient (Wildman–Crippen LogP) is 19.0. The lowest BCUT2D eigenvalue weighted by molar-refractivity contribution is -0.919. The second-order valence-electron chi connectivity index (χ2n) is 24.1. The van der Waals surface area contributed by atoms with E-state index in [2.05, 4.69) is 42.6 Å². The molecule has 2 rings (SSSR count). The molecule has 0 saturated heterocycles. The van der Waals surface area contributed by atoms with Gasteiger partial charge in [-0.15, -0.1) is 4.37 Å². The normalized spacial score (nSPS) is 14.3. The van der Waals surface area contributed by atoms with Gasteiger partial charge in [-0.3, -0.25) is 23.7 Å². The Morgan fingerprint density at radius 3 is 1.18 bits per heavy atom. The maximum Gasteiger partial charge on any atom is 0.310 e. The molecule has 0 bridgehead atoms.